The molecule has 0 unspecified atom stereocenters. The van der Waals surface area contributed by atoms with Gasteiger partial charge < -0.3 is 5.11 Å². The van der Waals surface area contributed by atoms with E-state index < -0.39 is 43.6 Å². The van der Waals surface area contributed by atoms with Crippen molar-refractivity contribution in [2.45, 2.75) is 0 Å². The van der Waals surface area contributed by atoms with Crippen LogP contribution in [0.2, 0.25) is 0 Å². The van der Waals surface area contributed by atoms with Gasteiger partial charge in [0.2, 0.25) is 0 Å². The van der Waals surface area contributed by atoms with Crippen LogP contribution in [0.3, 0.4) is 0 Å². The highest BCUT2D eigenvalue weighted by Gasteiger charge is 2.30. The first-order valence-corrected chi connectivity index (χ1v) is 13.0. The fourth-order valence-electron chi connectivity index (χ4n) is 3.33. The van der Waals surface area contributed by atoms with E-state index in [1.165, 1.54) is 15.9 Å². The van der Waals surface area contributed by atoms with Crippen LogP contribution in [0.25, 0.3) is 0 Å². The van der Waals surface area contributed by atoms with Crippen LogP contribution >= 0.6 is 6.04 Å². The Bertz CT molecular complexity index is 1310. The zero-order valence-electron chi connectivity index (χ0n) is 18.4. The third-order valence-electron chi connectivity index (χ3n) is 5.02. The number of benzene rings is 4. The molecule has 0 aromatic heterocycles. The lowest BCUT2D eigenvalue weighted by Crippen LogP contribution is -2.24. The summed E-state index contributed by atoms with van der Waals surface area (Å²) in [7, 11) is 0. The molecule has 1 N–H and O–H groups in total. The summed E-state index contributed by atoms with van der Waals surface area (Å²) in [5, 5.41) is 43.9. The molecular weight excluding hydrogens is 505 g/mol. The summed E-state index contributed by atoms with van der Waals surface area (Å²) in [5.41, 5.74) is -3.00. The van der Waals surface area contributed by atoms with Crippen molar-refractivity contribution >= 4 is 50.8 Å². The fourth-order valence-corrected chi connectivity index (χ4v) is 7.10. The Morgan fingerprint density at radius 2 is 0.889 bits per heavy atom. The van der Waals surface area contributed by atoms with Crippen LogP contribution in [-0.4, -0.2) is 19.9 Å². The topological polar surface area (TPSA) is 150 Å². The van der Waals surface area contributed by atoms with Crippen molar-refractivity contribution in [2.75, 3.05) is 0 Å². The molecule has 182 valence electrons. The van der Waals surface area contributed by atoms with Gasteiger partial charge in [0.1, 0.15) is 0 Å². The Morgan fingerprint density at radius 3 is 1.14 bits per heavy atom. The average molecular weight is 523 g/mol. The Labute approximate surface area is 209 Å². The predicted molar refractivity (Wildman–Crippen MR) is 141 cm³/mol. The zero-order valence-corrected chi connectivity index (χ0v) is 20.1. The summed E-state index contributed by atoms with van der Waals surface area (Å²) in [4.78, 5) is 27.8. The molecule has 0 aliphatic rings. The van der Waals surface area contributed by atoms with Gasteiger partial charge in [-0.1, -0.05) is 103 Å². The van der Waals surface area contributed by atoms with Gasteiger partial charge >= 0.3 is 11.4 Å². The van der Waals surface area contributed by atoms with Crippen LogP contribution in [0.1, 0.15) is 0 Å². The molecule has 4 rings (SSSR count). The summed E-state index contributed by atoms with van der Waals surface area (Å²) in [6.07, 6.45) is 0. The van der Waals surface area contributed by atoms with Crippen LogP contribution in [0.5, 0.6) is 5.75 Å². The fraction of sp³-hybridized carbons (Fsp3) is 0. The van der Waals surface area contributed by atoms with Gasteiger partial charge in [-0.05, 0) is 15.9 Å². The lowest BCUT2D eigenvalue weighted by Gasteiger charge is -2.23. The molecule has 0 radical (unpaired) electrons. The monoisotopic (exact) mass is 523 g/mol. The van der Waals surface area contributed by atoms with Gasteiger partial charge in [-0.2, -0.15) is 0 Å². The Morgan fingerprint density at radius 1 is 0.583 bits per heavy atom. The van der Waals surface area contributed by atoms with E-state index in [1.807, 2.05) is 18.2 Å². The molecule has 0 aliphatic heterocycles. The van der Waals surface area contributed by atoms with E-state index in [0.29, 0.717) is 12.1 Å². The number of hydrogen-bond donors (Lipinski definition) is 1. The Kier molecular flexibility index (Phi) is 8.21. The molecule has 0 bridgehead atoms. The summed E-state index contributed by atoms with van der Waals surface area (Å²) >= 11 is 6.21. The van der Waals surface area contributed by atoms with E-state index in [-0.39, 0.29) is 0 Å². The number of phenols is 1. The molecule has 0 heterocycles. The van der Waals surface area contributed by atoms with Crippen molar-refractivity contribution in [2.24, 2.45) is 0 Å². The molecule has 0 saturated heterocycles. The third-order valence-corrected chi connectivity index (χ3v) is 9.99. The molecule has 0 saturated carbocycles. The highest BCUT2D eigenvalue weighted by molar-refractivity contribution is 8.25. The van der Waals surface area contributed by atoms with E-state index in [9.17, 15) is 30.3 Å². The van der Waals surface area contributed by atoms with Crippen LogP contribution in [0.15, 0.2) is 103 Å². The van der Waals surface area contributed by atoms with Crippen LogP contribution in [0, 0.1) is 30.3 Å². The minimum atomic E-state index is -1.94. The normalized spacial score (nSPS) is 10.6. The highest BCUT2D eigenvalue weighted by atomic mass is 32.4. The van der Waals surface area contributed by atoms with Gasteiger partial charge in [0, 0.05) is 6.04 Å². The molecule has 0 fully saturated rings. The molecule has 0 atom stereocenters. The van der Waals surface area contributed by atoms with E-state index in [1.54, 1.807) is 0 Å². The van der Waals surface area contributed by atoms with Gasteiger partial charge in [-0.15, -0.1) is 0 Å². The van der Waals surface area contributed by atoms with Crippen molar-refractivity contribution in [1.29, 1.82) is 0 Å². The van der Waals surface area contributed by atoms with E-state index in [4.69, 9.17) is 16.9 Å². The quantitative estimate of drug-likeness (QED) is 0.220. The van der Waals surface area contributed by atoms with Crippen molar-refractivity contribution in [1.82, 2.24) is 0 Å². The number of nitro benzene ring substituents is 3. The zero-order chi connectivity index (χ0) is 26.3. The van der Waals surface area contributed by atoms with Crippen LogP contribution in [-0.2, 0) is 11.8 Å². The molecule has 0 amide bonds. The molecule has 36 heavy (non-hydrogen) atoms. The average Bonchev–Trinajstić information content (AvgIpc) is 2.89. The van der Waals surface area contributed by atoms with Gasteiger partial charge in [0.25, 0.3) is 11.4 Å². The number of aromatic hydroxyl groups is 1. The van der Waals surface area contributed by atoms with Crippen molar-refractivity contribution in [3.63, 3.8) is 0 Å². The van der Waals surface area contributed by atoms with Gasteiger partial charge in [-0.25, -0.2) is 0 Å². The van der Waals surface area contributed by atoms with Crippen molar-refractivity contribution in [3.05, 3.63) is 133 Å². The first kappa shape index (κ1) is 26.1. The van der Waals surface area contributed by atoms with Crippen LogP contribution < -0.4 is 15.9 Å². The summed E-state index contributed by atoms with van der Waals surface area (Å²) in [6, 6.07) is 30.4. The maximum absolute atomic E-state index is 10.4. The lowest BCUT2D eigenvalue weighted by atomic mass is 10.2. The molecule has 12 heteroatoms. The largest absolute Gasteiger partial charge is 0.497 e. The Balaban J connectivity index is 0.000000207. The number of non-ortho nitro benzene ring substituents is 1. The summed E-state index contributed by atoms with van der Waals surface area (Å²) in [5.74, 6) is -1.21. The number of nitrogens with zero attached hydrogens (tertiary/aromatic N) is 3. The molecule has 0 aliphatic carbocycles. The van der Waals surface area contributed by atoms with Gasteiger partial charge in [0.15, 0.2) is 0 Å². The summed E-state index contributed by atoms with van der Waals surface area (Å²) < 4.78 is 0. The van der Waals surface area contributed by atoms with E-state index in [2.05, 4.69) is 72.8 Å². The van der Waals surface area contributed by atoms with Gasteiger partial charge in [-0.3, -0.25) is 30.3 Å². The van der Waals surface area contributed by atoms with E-state index in [0.717, 1.165) is 0 Å². The third kappa shape index (κ3) is 5.60. The number of hydrogen-bond acceptors (Lipinski definition) is 8. The minimum Gasteiger partial charge on any atom is -0.497 e. The molecule has 0 spiro atoms. The second kappa shape index (κ2) is 11.3. The summed E-state index contributed by atoms with van der Waals surface area (Å²) in [6.45, 7) is 0. The first-order valence-electron chi connectivity index (χ1n) is 10.2. The predicted octanol–water partition coefficient (Wildman–Crippen LogP) is 4.56. The lowest BCUT2D eigenvalue weighted by molar-refractivity contribution is -0.404. The van der Waals surface area contributed by atoms with Crippen molar-refractivity contribution < 1.29 is 19.9 Å². The number of phenolic OH excluding ortho intramolecular Hbond substituents is 1. The standard InChI is InChI=1S/C18H15PS.C6H3N3O7/c20-19(16-10-4-1-5-11-16,17-12-6-2-7-13-17)18-14-8-3-9-15-18;10-6-4(8(13)14)1-3(7(11)12)2-5(6)9(15)16/h1-15H;1-2,10H. The smallest absolute Gasteiger partial charge is 0.324 e. The Hall–Kier alpha value is -4.47. The first-order chi connectivity index (χ1) is 17.2. The van der Waals surface area contributed by atoms with E-state index >= 15 is 0 Å². The second-order valence-corrected chi connectivity index (χ2v) is 11.6. The number of nitro groups is 3. The second-order valence-electron chi connectivity index (χ2n) is 7.22. The number of rotatable bonds is 6. The molecule has 10 nitrogen and oxygen atoms in total. The maximum Gasteiger partial charge on any atom is 0.324 e. The molecule has 4 aromatic rings. The molecule has 4 aromatic carbocycles. The SMILES string of the molecule is O=[N+]([O-])c1cc([N+](=O)[O-])c(O)c([N+](=O)[O-])c1.S=P(c1ccccc1)(c1ccccc1)c1ccccc1. The minimum absolute atomic E-state index is 0.447. The van der Waals surface area contributed by atoms with Gasteiger partial charge in [0.05, 0.1) is 26.9 Å². The van der Waals surface area contributed by atoms with Crippen LogP contribution in [0.4, 0.5) is 17.1 Å². The van der Waals surface area contributed by atoms with Crippen molar-refractivity contribution in [3.8, 4) is 5.75 Å². The molecular formula is C24H18N3O7PS. The maximum atomic E-state index is 10.4. The highest BCUT2D eigenvalue weighted by Crippen LogP contribution is 2.42.